The maximum absolute atomic E-state index is 12.8. The normalized spacial score (nSPS) is 21.3. The SMILES string of the molecule is CC[C@H]1CN([C@H](C)c2ccn3nc(C4CC4)cc3n2)[C@H](CC)CN1c1nc(=O)n(C)c2cc(CC#N)nn12. The van der Waals surface area contributed by atoms with Gasteiger partial charge >= 0.3 is 5.69 Å². The van der Waals surface area contributed by atoms with E-state index in [9.17, 15) is 10.1 Å². The second kappa shape index (κ2) is 9.51. The Morgan fingerprint density at radius 3 is 2.61 bits per heavy atom. The quantitative estimate of drug-likeness (QED) is 0.370. The van der Waals surface area contributed by atoms with Gasteiger partial charge in [-0.05, 0) is 38.7 Å². The summed E-state index contributed by atoms with van der Waals surface area (Å²) in [4.78, 5) is 27.1. The van der Waals surface area contributed by atoms with E-state index in [4.69, 9.17) is 10.1 Å². The van der Waals surface area contributed by atoms with Crippen molar-refractivity contribution in [1.29, 1.82) is 5.26 Å². The van der Waals surface area contributed by atoms with E-state index in [0.29, 0.717) is 23.2 Å². The molecule has 11 heteroatoms. The van der Waals surface area contributed by atoms with Gasteiger partial charge < -0.3 is 4.90 Å². The number of anilines is 1. The zero-order chi connectivity index (χ0) is 26.6. The molecule has 0 aromatic carbocycles. The van der Waals surface area contributed by atoms with Gasteiger partial charge in [0.1, 0.15) is 5.65 Å². The Hall–Kier alpha value is -3.78. The molecule has 5 heterocycles. The van der Waals surface area contributed by atoms with Gasteiger partial charge in [0, 0.05) is 62.5 Å². The number of nitriles is 1. The third-order valence-corrected chi connectivity index (χ3v) is 8.24. The molecule has 4 aromatic rings. The molecule has 0 bridgehead atoms. The summed E-state index contributed by atoms with van der Waals surface area (Å²) in [6.07, 6.45) is 6.51. The fraction of sp³-hybridized carbons (Fsp3) is 0.556. The van der Waals surface area contributed by atoms with Crippen molar-refractivity contribution in [2.24, 2.45) is 7.05 Å². The van der Waals surface area contributed by atoms with Gasteiger partial charge in [0.25, 0.3) is 0 Å². The third-order valence-electron chi connectivity index (χ3n) is 8.24. The van der Waals surface area contributed by atoms with E-state index in [1.165, 1.54) is 17.4 Å². The molecule has 11 nitrogen and oxygen atoms in total. The number of aromatic nitrogens is 7. The van der Waals surface area contributed by atoms with E-state index >= 15 is 0 Å². The highest BCUT2D eigenvalue weighted by atomic mass is 16.1. The van der Waals surface area contributed by atoms with Crippen LogP contribution in [0.25, 0.3) is 11.3 Å². The summed E-state index contributed by atoms with van der Waals surface area (Å²) in [5.41, 5.74) is 4.07. The Kier molecular flexibility index (Phi) is 6.14. The number of rotatable bonds is 7. The van der Waals surface area contributed by atoms with Crippen molar-refractivity contribution < 1.29 is 0 Å². The van der Waals surface area contributed by atoms with E-state index in [0.717, 1.165) is 43.0 Å². The molecule has 1 saturated heterocycles. The molecule has 2 fully saturated rings. The number of nitrogens with zero attached hydrogens (tertiary/aromatic N) is 10. The lowest BCUT2D eigenvalue weighted by atomic mass is 9.99. The number of piperazine rings is 1. The Bertz CT molecular complexity index is 1590. The van der Waals surface area contributed by atoms with Gasteiger partial charge in [-0.25, -0.2) is 14.3 Å². The van der Waals surface area contributed by atoms with Crippen LogP contribution in [0.2, 0.25) is 0 Å². The summed E-state index contributed by atoms with van der Waals surface area (Å²) >= 11 is 0. The number of hydrogen-bond acceptors (Lipinski definition) is 8. The molecule has 6 rings (SSSR count). The van der Waals surface area contributed by atoms with Gasteiger partial charge in [-0.15, -0.1) is 0 Å². The molecule has 0 N–H and O–H groups in total. The molecule has 0 radical (unpaired) electrons. The van der Waals surface area contributed by atoms with Crippen LogP contribution >= 0.6 is 0 Å². The van der Waals surface area contributed by atoms with Crippen molar-refractivity contribution in [1.82, 2.24) is 38.7 Å². The van der Waals surface area contributed by atoms with Crippen molar-refractivity contribution in [2.45, 2.75) is 76.9 Å². The van der Waals surface area contributed by atoms with Crippen LogP contribution in [0.3, 0.4) is 0 Å². The molecule has 1 aliphatic heterocycles. The Balaban J connectivity index is 1.32. The van der Waals surface area contributed by atoms with E-state index < -0.39 is 0 Å². The van der Waals surface area contributed by atoms with E-state index in [2.05, 4.69) is 58.9 Å². The Morgan fingerprint density at radius 1 is 1.11 bits per heavy atom. The van der Waals surface area contributed by atoms with Crippen molar-refractivity contribution >= 4 is 17.2 Å². The molecule has 38 heavy (non-hydrogen) atoms. The molecular weight excluding hydrogens is 480 g/mol. The minimum atomic E-state index is -0.321. The molecule has 1 saturated carbocycles. The zero-order valence-electron chi connectivity index (χ0n) is 22.4. The molecule has 2 aliphatic rings. The lowest BCUT2D eigenvalue weighted by Crippen LogP contribution is -2.59. The summed E-state index contributed by atoms with van der Waals surface area (Å²) in [6, 6.07) is 8.70. The van der Waals surface area contributed by atoms with Crippen LogP contribution in [0.4, 0.5) is 5.95 Å². The predicted octanol–water partition coefficient (Wildman–Crippen LogP) is 2.85. The smallest absolute Gasteiger partial charge is 0.335 e. The molecular formula is C27H34N10O. The fourth-order valence-electron chi connectivity index (χ4n) is 5.76. The van der Waals surface area contributed by atoms with Crippen LogP contribution in [0.15, 0.2) is 29.2 Å². The summed E-state index contributed by atoms with van der Waals surface area (Å²) in [5.74, 6) is 1.15. The molecule has 1 aliphatic carbocycles. The second-order valence-corrected chi connectivity index (χ2v) is 10.6. The second-order valence-electron chi connectivity index (χ2n) is 10.6. The van der Waals surface area contributed by atoms with Crippen LogP contribution in [0.1, 0.15) is 75.5 Å². The maximum atomic E-state index is 12.8. The average molecular weight is 515 g/mol. The van der Waals surface area contributed by atoms with Gasteiger partial charge in [0.05, 0.1) is 29.6 Å². The van der Waals surface area contributed by atoms with Crippen molar-refractivity contribution in [2.75, 3.05) is 18.0 Å². The standard InChI is InChI=1S/C27H34N10O/c1-5-20-16-35(26-30-27(38)33(4)25-13-19(9-11-28)31-37(25)26)21(6-2)15-34(20)17(3)22-10-12-36-24(29-22)14-23(32-36)18-7-8-18/h10,12-14,17-18,20-21H,5-9,15-16H2,1-4H3/t17-,20-,21+/m1/s1. The highest BCUT2D eigenvalue weighted by Gasteiger charge is 2.37. The van der Waals surface area contributed by atoms with Crippen molar-refractivity contribution in [3.8, 4) is 6.07 Å². The highest BCUT2D eigenvalue weighted by Crippen LogP contribution is 2.39. The summed E-state index contributed by atoms with van der Waals surface area (Å²) in [5, 5.41) is 18.5. The maximum Gasteiger partial charge on any atom is 0.352 e. The van der Waals surface area contributed by atoms with E-state index in [-0.39, 0.29) is 30.2 Å². The summed E-state index contributed by atoms with van der Waals surface area (Å²) in [7, 11) is 1.69. The average Bonchev–Trinajstić information content (AvgIpc) is 3.55. The van der Waals surface area contributed by atoms with Gasteiger partial charge in [-0.3, -0.25) is 9.47 Å². The van der Waals surface area contributed by atoms with Crippen molar-refractivity contribution in [3.63, 3.8) is 0 Å². The number of aryl methyl sites for hydroxylation is 1. The molecule has 0 amide bonds. The predicted molar refractivity (Wildman–Crippen MR) is 143 cm³/mol. The van der Waals surface area contributed by atoms with Crippen LogP contribution < -0.4 is 10.6 Å². The van der Waals surface area contributed by atoms with Crippen LogP contribution in [-0.2, 0) is 13.5 Å². The van der Waals surface area contributed by atoms with Crippen LogP contribution in [-0.4, -0.2) is 63.8 Å². The first-order valence-electron chi connectivity index (χ1n) is 13.6. The van der Waals surface area contributed by atoms with Crippen LogP contribution in [0.5, 0.6) is 0 Å². The molecule has 3 atom stereocenters. The van der Waals surface area contributed by atoms with Gasteiger partial charge in [-0.1, -0.05) is 13.8 Å². The first kappa shape index (κ1) is 24.6. The van der Waals surface area contributed by atoms with E-state index in [1.807, 2.05) is 10.7 Å². The van der Waals surface area contributed by atoms with Gasteiger partial charge in [-0.2, -0.15) is 25.0 Å². The molecule has 198 valence electrons. The first-order valence-corrected chi connectivity index (χ1v) is 13.6. The minimum absolute atomic E-state index is 0.129. The number of hydrogen-bond donors (Lipinski definition) is 0. The van der Waals surface area contributed by atoms with E-state index in [1.54, 1.807) is 17.6 Å². The summed E-state index contributed by atoms with van der Waals surface area (Å²) in [6.45, 7) is 8.16. The minimum Gasteiger partial charge on any atom is -0.335 e. The largest absolute Gasteiger partial charge is 0.352 e. The Morgan fingerprint density at radius 2 is 1.89 bits per heavy atom. The van der Waals surface area contributed by atoms with Crippen molar-refractivity contribution in [3.05, 3.63) is 52.0 Å². The molecule has 4 aromatic heterocycles. The monoisotopic (exact) mass is 514 g/mol. The summed E-state index contributed by atoms with van der Waals surface area (Å²) < 4.78 is 5.11. The highest BCUT2D eigenvalue weighted by molar-refractivity contribution is 5.48. The first-order chi connectivity index (χ1) is 18.4. The lowest BCUT2D eigenvalue weighted by molar-refractivity contribution is 0.0980. The van der Waals surface area contributed by atoms with Crippen LogP contribution in [0, 0.1) is 11.3 Å². The fourth-order valence-corrected chi connectivity index (χ4v) is 5.76. The lowest BCUT2D eigenvalue weighted by Gasteiger charge is -2.48. The zero-order valence-corrected chi connectivity index (χ0v) is 22.4. The van der Waals surface area contributed by atoms with Gasteiger partial charge in [0.2, 0.25) is 5.95 Å². The number of fused-ring (bicyclic) bond motifs is 2. The topological polar surface area (TPSA) is 113 Å². The Labute approximate surface area is 221 Å². The molecule has 0 spiro atoms. The van der Waals surface area contributed by atoms with Gasteiger partial charge in [0.15, 0.2) is 5.65 Å². The third kappa shape index (κ3) is 4.13. The molecule has 0 unspecified atom stereocenters.